The highest BCUT2D eigenvalue weighted by Gasteiger charge is 2.10. The van der Waals surface area contributed by atoms with Crippen molar-refractivity contribution in [3.05, 3.63) is 70.2 Å². The van der Waals surface area contributed by atoms with E-state index in [4.69, 9.17) is 4.74 Å². The number of para-hydroxylation sites is 1. The van der Waals surface area contributed by atoms with Crippen molar-refractivity contribution in [1.82, 2.24) is 0 Å². The minimum atomic E-state index is -0.567. The maximum absolute atomic E-state index is 12.0. The number of anilines is 1. The van der Waals surface area contributed by atoms with Gasteiger partial charge in [0.15, 0.2) is 6.61 Å². The Morgan fingerprint density at radius 2 is 1.80 bits per heavy atom. The minimum absolute atomic E-state index is 0.284. The molecule has 0 saturated heterocycles. The van der Waals surface area contributed by atoms with E-state index in [0.29, 0.717) is 0 Å². The van der Waals surface area contributed by atoms with Gasteiger partial charge in [-0.2, -0.15) is 0 Å². The predicted molar refractivity (Wildman–Crippen MR) is 103 cm³/mol. The minimum Gasteiger partial charge on any atom is -0.452 e. The van der Waals surface area contributed by atoms with Crippen LogP contribution >= 0.6 is 15.9 Å². The van der Waals surface area contributed by atoms with E-state index in [1.165, 1.54) is 6.08 Å². The molecule has 0 aromatic heterocycles. The summed E-state index contributed by atoms with van der Waals surface area (Å²) in [4.78, 5) is 23.8. The maximum atomic E-state index is 12.0. The van der Waals surface area contributed by atoms with Gasteiger partial charge in [0.25, 0.3) is 5.91 Å². The van der Waals surface area contributed by atoms with Crippen LogP contribution in [0.4, 0.5) is 5.69 Å². The van der Waals surface area contributed by atoms with Crippen molar-refractivity contribution in [2.75, 3.05) is 11.9 Å². The first kappa shape index (κ1) is 18.9. The molecule has 2 rings (SSSR count). The second kappa shape index (κ2) is 9.18. The van der Waals surface area contributed by atoms with Crippen LogP contribution in [0.1, 0.15) is 30.9 Å². The summed E-state index contributed by atoms with van der Waals surface area (Å²) in [6.45, 7) is 3.78. The largest absolute Gasteiger partial charge is 0.452 e. The highest BCUT2D eigenvalue weighted by atomic mass is 79.9. The van der Waals surface area contributed by atoms with Crippen LogP contribution in [0, 0.1) is 0 Å². The summed E-state index contributed by atoms with van der Waals surface area (Å²) in [5, 5.41) is 2.78. The van der Waals surface area contributed by atoms with Crippen LogP contribution in [0.25, 0.3) is 6.08 Å². The normalized spacial score (nSPS) is 10.9. The number of nitrogens with one attached hydrogen (secondary N) is 1. The Morgan fingerprint density at radius 3 is 2.52 bits per heavy atom. The number of carbonyl (C=O) groups is 2. The molecule has 4 nitrogen and oxygen atoms in total. The fourth-order valence-electron chi connectivity index (χ4n) is 2.25. The number of ether oxygens (including phenoxy) is 1. The number of amides is 1. The van der Waals surface area contributed by atoms with Crippen molar-refractivity contribution >= 4 is 39.6 Å². The molecule has 0 atom stereocenters. The zero-order chi connectivity index (χ0) is 18.2. The SMILES string of the molecule is CC(C)c1ccccc1NC(=O)COC(=O)/C=C/c1ccccc1Br. The van der Waals surface area contributed by atoms with E-state index in [-0.39, 0.29) is 18.4 Å². The molecule has 5 heteroatoms. The smallest absolute Gasteiger partial charge is 0.331 e. The molecule has 130 valence electrons. The third-order valence-corrected chi connectivity index (χ3v) is 4.23. The average molecular weight is 402 g/mol. The van der Waals surface area contributed by atoms with Gasteiger partial charge >= 0.3 is 5.97 Å². The van der Waals surface area contributed by atoms with E-state index in [1.807, 2.05) is 48.5 Å². The summed E-state index contributed by atoms with van der Waals surface area (Å²) in [5.41, 5.74) is 2.63. The highest BCUT2D eigenvalue weighted by molar-refractivity contribution is 9.10. The number of hydrogen-bond acceptors (Lipinski definition) is 3. The van der Waals surface area contributed by atoms with Crippen LogP contribution in [0.3, 0.4) is 0 Å². The Kier molecular flexibility index (Phi) is 6.95. The molecule has 0 spiro atoms. The van der Waals surface area contributed by atoms with Gasteiger partial charge in [-0.3, -0.25) is 4.79 Å². The summed E-state index contributed by atoms with van der Waals surface area (Å²) >= 11 is 3.40. The molecule has 0 unspecified atom stereocenters. The van der Waals surface area contributed by atoms with E-state index >= 15 is 0 Å². The lowest BCUT2D eigenvalue weighted by Gasteiger charge is -2.13. The van der Waals surface area contributed by atoms with Gasteiger partial charge in [-0.05, 0) is 35.3 Å². The quantitative estimate of drug-likeness (QED) is 0.560. The molecule has 0 aliphatic heterocycles. The van der Waals surface area contributed by atoms with Crippen molar-refractivity contribution < 1.29 is 14.3 Å². The summed E-state index contributed by atoms with van der Waals surface area (Å²) < 4.78 is 5.86. The van der Waals surface area contributed by atoms with Gasteiger partial charge in [-0.25, -0.2) is 4.79 Å². The van der Waals surface area contributed by atoms with Crippen molar-refractivity contribution in [3.8, 4) is 0 Å². The molecule has 0 bridgehead atoms. The third kappa shape index (κ3) is 5.87. The Labute approximate surface area is 156 Å². The topological polar surface area (TPSA) is 55.4 Å². The molecule has 2 aromatic carbocycles. The van der Waals surface area contributed by atoms with Gasteiger partial charge in [-0.15, -0.1) is 0 Å². The molecule has 25 heavy (non-hydrogen) atoms. The lowest BCUT2D eigenvalue weighted by atomic mass is 10.0. The molecule has 0 radical (unpaired) electrons. The molecule has 1 amide bonds. The number of rotatable bonds is 6. The van der Waals surface area contributed by atoms with Gasteiger partial charge in [0.05, 0.1) is 0 Å². The zero-order valence-electron chi connectivity index (χ0n) is 14.2. The number of halogens is 1. The zero-order valence-corrected chi connectivity index (χ0v) is 15.7. The second-order valence-electron chi connectivity index (χ2n) is 5.75. The Morgan fingerprint density at radius 1 is 1.12 bits per heavy atom. The molecular weight excluding hydrogens is 382 g/mol. The molecule has 0 aliphatic rings. The van der Waals surface area contributed by atoms with Crippen molar-refractivity contribution in [3.63, 3.8) is 0 Å². The standard InChI is InChI=1S/C20H20BrNO3/c1-14(2)16-8-4-6-10-18(16)22-19(23)13-25-20(24)12-11-15-7-3-5-9-17(15)21/h3-12,14H,13H2,1-2H3,(H,22,23)/b12-11+. The van der Waals surface area contributed by atoms with Crippen LogP contribution in [0.5, 0.6) is 0 Å². The summed E-state index contributed by atoms with van der Waals surface area (Å²) in [5.74, 6) is -0.648. The fraction of sp³-hybridized carbons (Fsp3) is 0.200. The molecular formula is C20H20BrNO3. The van der Waals surface area contributed by atoms with Gasteiger partial charge in [-0.1, -0.05) is 66.2 Å². The fourth-order valence-corrected chi connectivity index (χ4v) is 2.67. The first-order valence-corrected chi connectivity index (χ1v) is 8.75. The Bertz CT molecular complexity index is 784. The number of esters is 1. The summed E-state index contributed by atoms with van der Waals surface area (Å²) in [6, 6.07) is 15.1. The molecule has 2 aromatic rings. The van der Waals surface area contributed by atoms with Gasteiger partial charge in [0, 0.05) is 16.2 Å². The number of hydrogen-bond donors (Lipinski definition) is 1. The van der Waals surface area contributed by atoms with Crippen molar-refractivity contribution in [2.45, 2.75) is 19.8 Å². The molecule has 0 aliphatic carbocycles. The number of benzene rings is 2. The average Bonchev–Trinajstić information content (AvgIpc) is 2.59. The van der Waals surface area contributed by atoms with Crippen LogP contribution in [0.2, 0.25) is 0 Å². The van der Waals surface area contributed by atoms with E-state index in [2.05, 4.69) is 35.1 Å². The Hall–Kier alpha value is -2.40. The first-order chi connectivity index (χ1) is 12.0. The summed E-state index contributed by atoms with van der Waals surface area (Å²) in [6.07, 6.45) is 2.94. The first-order valence-electron chi connectivity index (χ1n) is 7.95. The lowest BCUT2D eigenvalue weighted by molar-refractivity contribution is -0.142. The Balaban J connectivity index is 1.88. The third-order valence-electron chi connectivity index (χ3n) is 3.51. The van der Waals surface area contributed by atoms with Gasteiger partial charge < -0.3 is 10.1 Å². The summed E-state index contributed by atoms with van der Waals surface area (Å²) in [7, 11) is 0. The van der Waals surface area contributed by atoms with Crippen molar-refractivity contribution in [2.24, 2.45) is 0 Å². The van der Waals surface area contributed by atoms with E-state index in [0.717, 1.165) is 21.3 Å². The van der Waals surface area contributed by atoms with Crippen molar-refractivity contribution in [1.29, 1.82) is 0 Å². The van der Waals surface area contributed by atoms with E-state index < -0.39 is 5.97 Å². The van der Waals surface area contributed by atoms with Gasteiger partial charge in [0.2, 0.25) is 0 Å². The van der Waals surface area contributed by atoms with Crippen LogP contribution in [-0.4, -0.2) is 18.5 Å². The monoisotopic (exact) mass is 401 g/mol. The van der Waals surface area contributed by atoms with E-state index in [1.54, 1.807) is 6.08 Å². The molecule has 1 N–H and O–H groups in total. The molecule has 0 fully saturated rings. The predicted octanol–water partition coefficient (Wildman–Crippen LogP) is 4.77. The second-order valence-corrected chi connectivity index (χ2v) is 6.61. The maximum Gasteiger partial charge on any atom is 0.331 e. The molecule has 0 saturated carbocycles. The van der Waals surface area contributed by atoms with Crippen LogP contribution in [0.15, 0.2) is 59.1 Å². The van der Waals surface area contributed by atoms with Crippen LogP contribution in [-0.2, 0) is 14.3 Å². The van der Waals surface area contributed by atoms with Gasteiger partial charge in [0.1, 0.15) is 0 Å². The lowest BCUT2D eigenvalue weighted by Crippen LogP contribution is -2.21. The molecule has 0 heterocycles. The highest BCUT2D eigenvalue weighted by Crippen LogP contribution is 2.23. The number of carbonyl (C=O) groups excluding carboxylic acids is 2. The van der Waals surface area contributed by atoms with Crippen LogP contribution < -0.4 is 5.32 Å². The van der Waals surface area contributed by atoms with E-state index in [9.17, 15) is 9.59 Å².